The monoisotopic (exact) mass is 336 g/mol. The Bertz CT molecular complexity index is 438. The standard InChI is InChI=1S/C19H32N2O3/c1-15(2)13-18(6-4-5-17-9-11-20-12-10-17)24-16(3)7-8-19(23)21-14-22/h4,6,13-17,20H,5,7-12H2,1-3H3,(H,21,22,23)/b6-4-,18-13+. The van der Waals surface area contributed by atoms with Gasteiger partial charge in [-0.2, -0.15) is 0 Å². The lowest BCUT2D eigenvalue weighted by Crippen LogP contribution is -2.27. The maximum Gasteiger partial charge on any atom is 0.226 e. The van der Waals surface area contributed by atoms with E-state index in [1.807, 2.05) is 6.92 Å². The Morgan fingerprint density at radius 1 is 1.29 bits per heavy atom. The molecule has 1 atom stereocenters. The van der Waals surface area contributed by atoms with Crippen molar-refractivity contribution in [3.8, 4) is 0 Å². The van der Waals surface area contributed by atoms with E-state index in [0.717, 1.165) is 31.2 Å². The summed E-state index contributed by atoms with van der Waals surface area (Å²) in [6, 6.07) is 0. The van der Waals surface area contributed by atoms with Gasteiger partial charge in [-0.05, 0) is 69.7 Å². The van der Waals surface area contributed by atoms with E-state index in [9.17, 15) is 9.59 Å². The van der Waals surface area contributed by atoms with Gasteiger partial charge >= 0.3 is 0 Å². The van der Waals surface area contributed by atoms with E-state index < -0.39 is 0 Å². The lowest BCUT2D eigenvalue weighted by molar-refractivity contribution is -0.125. The van der Waals surface area contributed by atoms with Crippen LogP contribution >= 0.6 is 0 Å². The fourth-order valence-corrected chi connectivity index (χ4v) is 2.72. The van der Waals surface area contributed by atoms with E-state index in [2.05, 4.69) is 42.7 Å². The van der Waals surface area contributed by atoms with Crippen molar-refractivity contribution in [3.05, 3.63) is 24.0 Å². The molecule has 24 heavy (non-hydrogen) atoms. The smallest absolute Gasteiger partial charge is 0.226 e. The lowest BCUT2D eigenvalue weighted by Gasteiger charge is -2.21. The minimum Gasteiger partial charge on any atom is -0.491 e. The molecule has 0 radical (unpaired) electrons. The fourth-order valence-electron chi connectivity index (χ4n) is 2.72. The average molecular weight is 336 g/mol. The highest BCUT2D eigenvalue weighted by Crippen LogP contribution is 2.18. The average Bonchev–Trinajstić information content (AvgIpc) is 2.53. The Labute approximate surface area is 145 Å². The summed E-state index contributed by atoms with van der Waals surface area (Å²) in [5.41, 5.74) is 0. The molecule has 0 aromatic heterocycles. The van der Waals surface area contributed by atoms with Crippen molar-refractivity contribution in [2.24, 2.45) is 11.8 Å². The Morgan fingerprint density at radius 3 is 2.62 bits per heavy atom. The molecular weight excluding hydrogens is 304 g/mol. The predicted octanol–water partition coefficient (Wildman–Crippen LogP) is 2.93. The summed E-state index contributed by atoms with van der Waals surface area (Å²) < 4.78 is 5.97. The third-order valence-electron chi connectivity index (χ3n) is 4.04. The van der Waals surface area contributed by atoms with Gasteiger partial charge in [-0.25, -0.2) is 0 Å². The SMILES string of the molecule is CC(C)/C=C(\C=C/CC1CCNCC1)OC(C)CCC(=O)NC=O. The van der Waals surface area contributed by atoms with E-state index in [1.54, 1.807) is 0 Å². The van der Waals surface area contributed by atoms with E-state index in [0.29, 0.717) is 18.7 Å². The van der Waals surface area contributed by atoms with E-state index in [-0.39, 0.29) is 18.4 Å². The highest BCUT2D eigenvalue weighted by atomic mass is 16.5. The third kappa shape index (κ3) is 9.50. The van der Waals surface area contributed by atoms with Crippen LogP contribution in [0.4, 0.5) is 0 Å². The molecule has 1 saturated heterocycles. The Kier molecular flexibility index (Phi) is 10.1. The van der Waals surface area contributed by atoms with E-state index in [1.165, 1.54) is 12.8 Å². The third-order valence-corrected chi connectivity index (χ3v) is 4.04. The summed E-state index contributed by atoms with van der Waals surface area (Å²) in [6.45, 7) is 8.41. The van der Waals surface area contributed by atoms with Crippen LogP contribution in [0.2, 0.25) is 0 Å². The quantitative estimate of drug-likeness (QED) is 0.366. The number of rotatable bonds is 10. The summed E-state index contributed by atoms with van der Waals surface area (Å²) in [5.74, 6) is 1.75. The van der Waals surface area contributed by atoms with Crippen LogP contribution in [-0.4, -0.2) is 31.5 Å². The summed E-state index contributed by atoms with van der Waals surface area (Å²) in [4.78, 5) is 21.5. The fraction of sp³-hybridized carbons (Fsp3) is 0.684. The highest BCUT2D eigenvalue weighted by molar-refractivity contribution is 5.85. The van der Waals surface area contributed by atoms with Gasteiger partial charge in [-0.3, -0.25) is 14.9 Å². The Balaban J connectivity index is 2.45. The van der Waals surface area contributed by atoms with Gasteiger partial charge < -0.3 is 10.1 Å². The number of hydrogen-bond donors (Lipinski definition) is 2. The molecule has 0 bridgehead atoms. The Hall–Kier alpha value is -1.62. The highest BCUT2D eigenvalue weighted by Gasteiger charge is 2.12. The van der Waals surface area contributed by atoms with Crippen molar-refractivity contribution in [1.82, 2.24) is 10.6 Å². The molecule has 1 heterocycles. The van der Waals surface area contributed by atoms with Crippen molar-refractivity contribution in [2.45, 2.75) is 59.0 Å². The summed E-state index contributed by atoms with van der Waals surface area (Å²) >= 11 is 0. The largest absolute Gasteiger partial charge is 0.491 e. The molecule has 136 valence electrons. The second-order valence-corrected chi connectivity index (χ2v) is 6.80. The van der Waals surface area contributed by atoms with Crippen LogP contribution in [0, 0.1) is 11.8 Å². The molecule has 1 aliphatic rings. The number of ether oxygens (including phenoxy) is 1. The molecule has 1 unspecified atom stereocenters. The number of imide groups is 1. The van der Waals surface area contributed by atoms with E-state index >= 15 is 0 Å². The lowest BCUT2D eigenvalue weighted by atomic mass is 9.94. The molecule has 0 saturated carbocycles. The van der Waals surface area contributed by atoms with Gasteiger partial charge in [0.15, 0.2) is 0 Å². The molecule has 1 fully saturated rings. The van der Waals surface area contributed by atoms with Gasteiger partial charge in [-0.15, -0.1) is 0 Å². The van der Waals surface area contributed by atoms with Crippen LogP contribution < -0.4 is 10.6 Å². The van der Waals surface area contributed by atoms with Crippen molar-refractivity contribution in [3.63, 3.8) is 0 Å². The van der Waals surface area contributed by atoms with Crippen molar-refractivity contribution >= 4 is 12.3 Å². The normalized spacial score (nSPS) is 17.9. The van der Waals surface area contributed by atoms with Crippen molar-refractivity contribution < 1.29 is 14.3 Å². The number of carbonyl (C=O) groups is 2. The number of nitrogens with one attached hydrogen (secondary N) is 2. The topological polar surface area (TPSA) is 67.4 Å². The molecule has 5 nitrogen and oxygen atoms in total. The minimum absolute atomic E-state index is 0.0732. The number of piperidine rings is 1. The van der Waals surface area contributed by atoms with Crippen LogP contribution in [0.1, 0.15) is 52.9 Å². The first-order chi connectivity index (χ1) is 11.5. The first kappa shape index (κ1) is 20.4. The molecule has 0 aliphatic carbocycles. The van der Waals surface area contributed by atoms with E-state index in [4.69, 9.17) is 4.74 Å². The van der Waals surface area contributed by atoms with Gasteiger partial charge in [0.2, 0.25) is 12.3 Å². The van der Waals surface area contributed by atoms with Gasteiger partial charge in [0, 0.05) is 6.42 Å². The molecule has 2 amide bonds. The second-order valence-electron chi connectivity index (χ2n) is 6.80. The maximum absolute atomic E-state index is 11.3. The van der Waals surface area contributed by atoms with Gasteiger partial charge in [-0.1, -0.05) is 19.9 Å². The first-order valence-electron chi connectivity index (χ1n) is 9.00. The summed E-state index contributed by atoms with van der Waals surface area (Å²) in [6.07, 6.45) is 11.1. The van der Waals surface area contributed by atoms with Gasteiger partial charge in [0.05, 0.1) is 6.10 Å². The number of carbonyl (C=O) groups excluding carboxylic acids is 2. The zero-order valence-electron chi connectivity index (χ0n) is 15.2. The molecule has 1 aliphatic heterocycles. The van der Waals surface area contributed by atoms with Crippen LogP contribution in [0.5, 0.6) is 0 Å². The Morgan fingerprint density at radius 2 is 2.00 bits per heavy atom. The zero-order valence-corrected chi connectivity index (χ0v) is 15.2. The first-order valence-corrected chi connectivity index (χ1v) is 9.00. The number of amides is 2. The van der Waals surface area contributed by atoms with Crippen LogP contribution in [0.15, 0.2) is 24.0 Å². The van der Waals surface area contributed by atoms with Crippen LogP contribution in [0.25, 0.3) is 0 Å². The summed E-state index contributed by atoms with van der Waals surface area (Å²) in [5, 5.41) is 5.53. The van der Waals surface area contributed by atoms with Crippen LogP contribution in [-0.2, 0) is 14.3 Å². The maximum atomic E-state index is 11.3. The molecular formula is C19H32N2O3. The van der Waals surface area contributed by atoms with Crippen molar-refractivity contribution in [1.29, 1.82) is 0 Å². The minimum atomic E-state index is -0.267. The van der Waals surface area contributed by atoms with Crippen LogP contribution in [0.3, 0.4) is 0 Å². The van der Waals surface area contributed by atoms with Gasteiger partial charge in [0.1, 0.15) is 5.76 Å². The molecule has 0 aromatic rings. The molecule has 0 spiro atoms. The second kappa shape index (κ2) is 11.8. The molecule has 2 N–H and O–H groups in total. The van der Waals surface area contributed by atoms with Gasteiger partial charge in [0.25, 0.3) is 0 Å². The molecule has 5 heteroatoms. The molecule has 1 rings (SSSR count). The predicted molar refractivity (Wildman–Crippen MR) is 96.3 cm³/mol. The summed E-state index contributed by atoms with van der Waals surface area (Å²) in [7, 11) is 0. The van der Waals surface area contributed by atoms with Crippen molar-refractivity contribution in [2.75, 3.05) is 13.1 Å². The number of hydrogen-bond acceptors (Lipinski definition) is 4. The molecule has 0 aromatic carbocycles. The number of allylic oxidation sites excluding steroid dienone is 3. The zero-order chi connectivity index (χ0) is 17.8.